The highest BCUT2D eigenvalue weighted by Crippen LogP contribution is 2.38. The van der Waals surface area contributed by atoms with Crippen LogP contribution in [0.25, 0.3) is 0 Å². The molecule has 8 nitrogen and oxygen atoms in total. The summed E-state index contributed by atoms with van der Waals surface area (Å²) in [6.45, 7) is 3.66. The van der Waals surface area contributed by atoms with Gasteiger partial charge in [0.15, 0.2) is 0 Å². The normalized spacial score (nSPS) is 16.4. The lowest BCUT2D eigenvalue weighted by atomic mass is 9.82. The van der Waals surface area contributed by atoms with Crippen LogP contribution in [0.15, 0.2) is 60.0 Å². The SMILES string of the molecule is COCCN1N=C(C2CCCCC2)c2ccc(C)cc2N(c2ccc(NCCc3ncc[nH]3)cc2)C1=O. The Kier molecular flexibility index (Phi) is 7.84. The molecule has 0 bridgehead atoms. The molecular weight excluding hydrogens is 464 g/mol. The number of methoxy groups -OCH3 is 1. The standard InChI is InChI=1S/C29H36N6O2/c1-21-8-13-25-26(20-21)35(24-11-9-23(10-12-24)30-15-14-27-31-16-17-32-27)29(36)34(18-19-37-2)33-28(25)22-6-4-3-5-7-22/h8-13,16-17,20,22,30H,3-7,14-15,18-19H2,1-2H3,(H,31,32). The summed E-state index contributed by atoms with van der Waals surface area (Å²) in [4.78, 5) is 23.2. The Bertz CT molecular complexity index is 1220. The highest BCUT2D eigenvalue weighted by molar-refractivity contribution is 6.14. The Morgan fingerprint density at radius 3 is 2.65 bits per heavy atom. The number of rotatable bonds is 9. The molecule has 2 amide bonds. The number of imidazole rings is 1. The molecule has 194 valence electrons. The van der Waals surface area contributed by atoms with E-state index in [1.54, 1.807) is 18.3 Å². The van der Waals surface area contributed by atoms with Crippen LogP contribution < -0.4 is 10.2 Å². The molecule has 1 saturated carbocycles. The van der Waals surface area contributed by atoms with Gasteiger partial charge in [0, 0.05) is 49.6 Å². The lowest BCUT2D eigenvalue weighted by molar-refractivity contribution is 0.155. The molecule has 0 unspecified atom stereocenters. The van der Waals surface area contributed by atoms with Crippen LogP contribution in [0, 0.1) is 12.8 Å². The number of aromatic nitrogens is 2. The predicted octanol–water partition coefficient (Wildman–Crippen LogP) is 5.88. The Balaban J connectivity index is 1.46. The van der Waals surface area contributed by atoms with Crippen molar-refractivity contribution < 1.29 is 9.53 Å². The van der Waals surface area contributed by atoms with E-state index in [0.29, 0.717) is 19.1 Å². The van der Waals surface area contributed by atoms with Gasteiger partial charge in [-0.25, -0.2) is 14.8 Å². The Hall–Kier alpha value is -3.65. The van der Waals surface area contributed by atoms with Crippen LogP contribution in [-0.4, -0.2) is 53.5 Å². The van der Waals surface area contributed by atoms with Gasteiger partial charge in [-0.15, -0.1) is 0 Å². The van der Waals surface area contributed by atoms with Gasteiger partial charge in [-0.05, 0) is 55.7 Å². The van der Waals surface area contributed by atoms with Crippen molar-refractivity contribution in [2.45, 2.75) is 45.4 Å². The fraction of sp³-hybridized carbons (Fsp3) is 0.414. The van der Waals surface area contributed by atoms with Crippen LogP contribution >= 0.6 is 0 Å². The van der Waals surface area contributed by atoms with E-state index in [2.05, 4.69) is 40.4 Å². The number of carbonyl (C=O) groups excluding carboxylic acids is 1. The zero-order valence-electron chi connectivity index (χ0n) is 21.7. The third-order valence-electron chi connectivity index (χ3n) is 7.18. The number of fused-ring (bicyclic) bond motifs is 1. The number of anilines is 3. The number of nitrogens with zero attached hydrogens (tertiary/aromatic N) is 4. The van der Waals surface area contributed by atoms with Gasteiger partial charge in [-0.1, -0.05) is 31.4 Å². The molecule has 3 aromatic rings. The van der Waals surface area contributed by atoms with E-state index in [9.17, 15) is 4.79 Å². The highest BCUT2D eigenvalue weighted by Gasteiger charge is 2.34. The van der Waals surface area contributed by atoms with Gasteiger partial charge in [0.1, 0.15) is 5.82 Å². The number of hydrogen-bond acceptors (Lipinski definition) is 5. The van der Waals surface area contributed by atoms with Crippen LogP contribution in [-0.2, 0) is 11.2 Å². The molecule has 0 spiro atoms. The predicted molar refractivity (Wildman–Crippen MR) is 148 cm³/mol. The van der Waals surface area contributed by atoms with E-state index in [0.717, 1.165) is 65.5 Å². The summed E-state index contributed by atoms with van der Waals surface area (Å²) in [5.74, 6) is 1.31. The summed E-state index contributed by atoms with van der Waals surface area (Å²) in [6.07, 6.45) is 10.3. The Morgan fingerprint density at radius 2 is 1.92 bits per heavy atom. The maximum absolute atomic E-state index is 14.0. The minimum absolute atomic E-state index is 0.159. The molecule has 1 aromatic heterocycles. The first-order chi connectivity index (χ1) is 18.1. The smallest absolute Gasteiger partial charge is 0.349 e. The van der Waals surface area contributed by atoms with E-state index < -0.39 is 0 Å². The third kappa shape index (κ3) is 5.69. The lowest BCUT2D eigenvalue weighted by Crippen LogP contribution is -2.38. The lowest BCUT2D eigenvalue weighted by Gasteiger charge is -2.27. The number of aromatic amines is 1. The van der Waals surface area contributed by atoms with Crippen molar-refractivity contribution in [3.8, 4) is 0 Å². The van der Waals surface area contributed by atoms with Crippen molar-refractivity contribution in [2.75, 3.05) is 37.0 Å². The molecule has 1 aliphatic carbocycles. The zero-order valence-corrected chi connectivity index (χ0v) is 21.7. The molecule has 2 N–H and O–H groups in total. The molecule has 2 aliphatic rings. The number of nitrogens with one attached hydrogen (secondary N) is 2. The summed E-state index contributed by atoms with van der Waals surface area (Å²) >= 11 is 0. The average molecular weight is 501 g/mol. The van der Waals surface area contributed by atoms with Crippen molar-refractivity contribution >= 4 is 28.8 Å². The van der Waals surface area contributed by atoms with Crippen molar-refractivity contribution in [3.63, 3.8) is 0 Å². The number of aryl methyl sites for hydroxylation is 1. The maximum Gasteiger partial charge on any atom is 0.349 e. The Morgan fingerprint density at radius 1 is 1.11 bits per heavy atom. The highest BCUT2D eigenvalue weighted by atomic mass is 16.5. The van der Waals surface area contributed by atoms with E-state index in [4.69, 9.17) is 9.84 Å². The summed E-state index contributed by atoms with van der Waals surface area (Å²) in [6, 6.07) is 14.3. The van der Waals surface area contributed by atoms with Gasteiger partial charge in [-0.3, -0.25) is 4.90 Å². The Labute approximate surface area is 218 Å². The van der Waals surface area contributed by atoms with E-state index in [-0.39, 0.29) is 6.03 Å². The van der Waals surface area contributed by atoms with E-state index in [1.165, 1.54) is 19.3 Å². The van der Waals surface area contributed by atoms with Crippen molar-refractivity contribution in [1.29, 1.82) is 0 Å². The minimum Gasteiger partial charge on any atom is -0.385 e. The quantitative estimate of drug-likeness (QED) is 0.384. The van der Waals surface area contributed by atoms with Gasteiger partial charge < -0.3 is 15.0 Å². The summed E-state index contributed by atoms with van der Waals surface area (Å²) < 4.78 is 5.34. The van der Waals surface area contributed by atoms with Crippen LogP contribution in [0.1, 0.15) is 49.1 Å². The molecule has 8 heteroatoms. The summed E-state index contributed by atoms with van der Waals surface area (Å²) in [7, 11) is 1.65. The summed E-state index contributed by atoms with van der Waals surface area (Å²) in [5, 5.41) is 10.0. The number of hydrazone groups is 1. The molecule has 37 heavy (non-hydrogen) atoms. The van der Waals surface area contributed by atoms with Crippen LogP contribution in [0.5, 0.6) is 0 Å². The van der Waals surface area contributed by atoms with Crippen LogP contribution in [0.3, 0.4) is 0 Å². The second-order valence-corrected chi connectivity index (χ2v) is 9.83. The first kappa shape index (κ1) is 25.0. The van der Waals surface area contributed by atoms with Crippen molar-refractivity contribution in [2.24, 2.45) is 11.0 Å². The number of amides is 2. The van der Waals surface area contributed by atoms with Gasteiger partial charge in [0.05, 0.1) is 30.2 Å². The fourth-order valence-electron chi connectivity index (χ4n) is 5.23. The second kappa shape index (κ2) is 11.6. The molecular formula is C29H36N6O2. The third-order valence-corrected chi connectivity index (χ3v) is 7.18. The molecule has 0 radical (unpaired) electrons. The number of urea groups is 1. The fourth-order valence-corrected chi connectivity index (χ4v) is 5.23. The molecule has 0 saturated heterocycles. The first-order valence-electron chi connectivity index (χ1n) is 13.3. The second-order valence-electron chi connectivity index (χ2n) is 9.83. The minimum atomic E-state index is -0.159. The summed E-state index contributed by atoms with van der Waals surface area (Å²) in [5.41, 5.74) is 5.89. The monoisotopic (exact) mass is 500 g/mol. The molecule has 1 aliphatic heterocycles. The van der Waals surface area contributed by atoms with Crippen molar-refractivity contribution in [3.05, 3.63) is 71.8 Å². The van der Waals surface area contributed by atoms with Gasteiger partial charge in [0.2, 0.25) is 0 Å². The zero-order chi connectivity index (χ0) is 25.6. The maximum atomic E-state index is 14.0. The number of benzene rings is 2. The molecule has 0 atom stereocenters. The average Bonchev–Trinajstić information content (AvgIpc) is 3.41. The van der Waals surface area contributed by atoms with Gasteiger partial charge >= 0.3 is 6.03 Å². The van der Waals surface area contributed by atoms with Crippen LogP contribution in [0.2, 0.25) is 0 Å². The molecule has 5 rings (SSSR count). The molecule has 2 heterocycles. The van der Waals surface area contributed by atoms with Crippen LogP contribution in [0.4, 0.5) is 21.9 Å². The van der Waals surface area contributed by atoms with Gasteiger partial charge in [-0.2, -0.15) is 5.10 Å². The number of hydrogen-bond donors (Lipinski definition) is 2. The van der Waals surface area contributed by atoms with E-state index in [1.807, 2.05) is 35.4 Å². The number of ether oxygens (including phenoxy) is 1. The largest absolute Gasteiger partial charge is 0.385 e. The molecule has 1 fully saturated rings. The first-order valence-corrected chi connectivity index (χ1v) is 13.3. The van der Waals surface area contributed by atoms with Crippen molar-refractivity contribution in [1.82, 2.24) is 15.0 Å². The number of carbonyl (C=O) groups is 1. The van der Waals surface area contributed by atoms with Gasteiger partial charge in [0.25, 0.3) is 0 Å². The van der Waals surface area contributed by atoms with E-state index >= 15 is 0 Å². The molecule has 2 aromatic carbocycles. The number of H-pyrrole nitrogens is 1. The topological polar surface area (TPSA) is 85.8 Å².